The van der Waals surface area contributed by atoms with Gasteiger partial charge in [0.05, 0.1) is 6.54 Å². The van der Waals surface area contributed by atoms with Crippen molar-refractivity contribution < 1.29 is 4.42 Å². The van der Waals surface area contributed by atoms with E-state index >= 15 is 0 Å². The van der Waals surface area contributed by atoms with Crippen LogP contribution in [-0.4, -0.2) is 30.6 Å². The number of aryl methyl sites for hydroxylation is 1. The Morgan fingerprint density at radius 2 is 2.16 bits per heavy atom. The molecule has 1 fully saturated rings. The van der Waals surface area contributed by atoms with E-state index in [-0.39, 0.29) is 0 Å². The van der Waals surface area contributed by atoms with Crippen molar-refractivity contribution in [3.05, 3.63) is 23.7 Å². The van der Waals surface area contributed by atoms with Crippen molar-refractivity contribution in [1.29, 1.82) is 0 Å². The summed E-state index contributed by atoms with van der Waals surface area (Å²) in [4.78, 5) is 2.55. The lowest BCUT2D eigenvalue weighted by Crippen LogP contribution is -2.37. The second-order valence-electron chi connectivity index (χ2n) is 5.60. The Kier molecular flexibility index (Phi) is 5.93. The van der Waals surface area contributed by atoms with Gasteiger partial charge in [-0.25, -0.2) is 0 Å². The topological polar surface area (TPSA) is 28.4 Å². The van der Waals surface area contributed by atoms with Crippen LogP contribution < -0.4 is 5.32 Å². The van der Waals surface area contributed by atoms with Crippen molar-refractivity contribution in [1.82, 2.24) is 10.2 Å². The molecule has 1 aromatic heterocycles. The van der Waals surface area contributed by atoms with Crippen LogP contribution in [0.3, 0.4) is 0 Å². The van der Waals surface area contributed by atoms with Gasteiger partial charge in [-0.3, -0.25) is 4.90 Å². The van der Waals surface area contributed by atoms with Gasteiger partial charge < -0.3 is 9.73 Å². The largest absolute Gasteiger partial charge is 0.465 e. The predicted molar refractivity (Wildman–Crippen MR) is 79.3 cm³/mol. The molecule has 108 valence electrons. The standard InChI is InChI=1S/C16H28N2O/c1-3-5-11-18(12-14-7-6-10-17-14)13-16-9-8-15(4-2)19-16/h8-9,14,17H,3-7,10-13H2,1-2H3. The summed E-state index contributed by atoms with van der Waals surface area (Å²) in [5.41, 5.74) is 0. The maximum atomic E-state index is 5.85. The molecule has 1 N–H and O–H groups in total. The lowest BCUT2D eigenvalue weighted by molar-refractivity contribution is 0.218. The molecule has 0 aliphatic carbocycles. The van der Waals surface area contributed by atoms with Crippen molar-refractivity contribution >= 4 is 0 Å². The highest BCUT2D eigenvalue weighted by Crippen LogP contribution is 2.14. The van der Waals surface area contributed by atoms with Gasteiger partial charge in [-0.2, -0.15) is 0 Å². The summed E-state index contributed by atoms with van der Waals surface area (Å²) in [7, 11) is 0. The van der Waals surface area contributed by atoms with Gasteiger partial charge in [-0.15, -0.1) is 0 Å². The summed E-state index contributed by atoms with van der Waals surface area (Å²) in [6.07, 6.45) is 6.16. The highest BCUT2D eigenvalue weighted by molar-refractivity contribution is 5.07. The average Bonchev–Trinajstić information content (AvgIpc) is 3.07. The van der Waals surface area contributed by atoms with E-state index in [9.17, 15) is 0 Å². The zero-order valence-electron chi connectivity index (χ0n) is 12.5. The second-order valence-corrected chi connectivity index (χ2v) is 5.60. The van der Waals surface area contributed by atoms with E-state index in [0.717, 1.165) is 31.0 Å². The second kappa shape index (κ2) is 7.71. The van der Waals surface area contributed by atoms with Gasteiger partial charge in [0.15, 0.2) is 0 Å². The fraction of sp³-hybridized carbons (Fsp3) is 0.750. The summed E-state index contributed by atoms with van der Waals surface area (Å²) < 4.78 is 5.85. The van der Waals surface area contributed by atoms with Crippen molar-refractivity contribution in [3.63, 3.8) is 0 Å². The van der Waals surface area contributed by atoms with Gasteiger partial charge >= 0.3 is 0 Å². The molecule has 0 amide bonds. The Hall–Kier alpha value is -0.800. The molecule has 0 spiro atoms. The third-order valence-electron chi connectivity index (χ3n) is 3.91. The third-order valence-corrected chi connectivity index (χ3v) is 3.91. The van der Waals surface area contributed by atoms with Crippen LogP contribution in [0.1, 0.15) is 51.1 Å². The van der Waals surface area contributed by atoms with Crippen LogP contribution in [0.4, 0.5) is 0 Å². The van der Waals surface area contributed by atoms with Crippen LogP contribution in [0.2, 0.25) is 0 Å². The first-order valence-electron chi connectivity index (χ1n) is 7.85. The van der Waals surface area contributed by atoms with Crippen LogP contribution in [-0.2, 0) is 13.0 Å². The monoisotopic (exact) mass is 264 g/mol. The Bertz CT molecular complexity index is 355. The molecular formula is C16H28N2O. The van der Waals surface area contributed by atoms with Gasteiger partial charge in [0.2, 0.25) is 0 Å². The normalized spacial score (nSPS) is 19.4. The van der Waals surface area contributed by atoms with E-state index in [4.69, 9.17) is 4.42 Å². The minimum atomic E-state index is 0.678. The van der Waals surface area contributed by atoms with Gasteiger partial charge in [0.25, 0.3) is 0 Å². The first-order valence-corrected chi connectivity index (χ1v) is 7.85. The number of nitrogens with zero attached hydrogens (tertiary/aromatic N) is 1. The molecule has 3 heteroatoms. The molecule has 1 aromatic rings. The van der Waals surface area contributed by atoms with E-state index in [1.54, 1.807) is 0 Å². The zero-order valence-corrected chi connectivity index (χ0v) is 12.5. The van der Waals surface area contributed by atoms with Crippen LogP contribution in [0.5, 0.6) is 0 Å². The molecule has 2 rings (SSSR count). The maximum absolute atomic E-state index is 5.85. The van der Waals surface area contributed by atoms with Gasteiger partial charge in [-0.05, 0) is 44.5 Å². The molecule has 1 atom stereocenters. The summed E-state index contributed by atoms with van der Waals surface area (Å²) >= 11 is 0. The van der Waals surface area contributed by atoms with E-state index in [1.807, 2.05) is 0 Å². The molecular weight excluding hydrogens is 236 g/mol. The molecule has 2 heterocycles. The zero-order chi connectivity index (χ0) is 13.5. The summed E-state index contributed by atoms with van der Waals surface area (Å²) in [5, 5.41) is 3.59. The fourth-order valence-corrected chi connectivity index (χ4v) is 2.76. The lowest BCUT2D eigenvalue weighted by atomic mass is 10.2. The lowest BCUT2D eigenvalue weighted by Gasteiger charge is -2.24. The van der Waals surface area contributed by atoms with Crippen LogP contribution in [0.25, 0.3) is 0 Å². The number of rotatable bonds is 8. The maximum Gasteiger partial charge on any atom is 0.118 e. The number of hydrogen-bond acceptors (Lipinski definition) is 3. The first kappa shape index (κ1) is 14.6. The Labute approximate surface area is 117 Å². The van der Waals surface area contributed by atoms with Crippen molar-refractivity contribution in [3.8, 4) is 0 Å². The fourth-order valence-electron chi connectivity index (χ4n) is 2.76. The Morgan fingerprint density at radius 3 is 2.79 bits per heavy atom. The van der Waals surface area contributed by atoms with Crippen LogP contribution >= 0.6 is 0 Å². The smallest absolute Gasteiger partial charge is 0.118 e. The molecule has 3 nitrogen and oxygen atoms in total. The molecule has 1 unspecified atom stereocenters. The number of hydrogen-bond donors (Lipinski definition) is 1. The minimum Gasteiger partial charge on any atom is -0.465 e. The summed E-state index contributed by atoms with van der Waals surface area (Å²) in [6, 6.07) is 4.93. The van der Waals surface area contributed by atoms with Crippen LogP contribution in [0.15, 0.2) is 16.5 Å². The quantitative estimate of drug-likeness (QED) is 0.781. The number of unbranched alkanes of at least 4 members (excludes halogenated alkanes) is 1. The van der Waals surface area contributed by atoms with Crippen molar-refractivity contribution in [2.75, 3.05) is 19.6 Å². The minimum absolute atomic E-state index is 0.678. The van der Waals surface area contributed by atoms with Crippen molar-refractivity contribution in [2.45, 2.75) is 58.5 Å². The van der Waals surface area contributed by atoms with E-state index < -0.39 is 0 Å². The number of furan rings is 1. The first-order chi connectivity index (χ1) is 9.31. The summed E-state index contributed by atoms with van der Waals surface area (Å²) in [5.74, 6) is 2.22. The molecule has 0 saturated carbocycles. The van der Waals surface area contributed by atoms with Crippen molar-refractivity contribution in [2.24, 2.45) is 0 Å². The van der Waals surface area contributed by atoms with E-state index in [2.05, 4.69) is 36.2 Å². The van der Waals surface area contributed by atoms with Gasteiger partial charge in [0.1, 0.15) is 11.5 Å². The average molecular weight is 264 g/mol. The van der Waals surface area contributed by atoms with E-state index in [0.29, 0.717) is 6.04 Å². The Morgan fingerprint density at radius 1 is 1.32 bits per heavy atom. The molecule has 0 radical (unpaired) electrons. The molecule has 19 heavy (non-hydrogen) atoms. The highest BCUT2D eigenvalue weighted by Gasteiger charge is 2.18. The van der Waals surface area contributed by atoms with Gasteiger partial charge in [0, 0.05) is 19.0 Å². The molecule has 0 aromatic carbocycles. The molecule has 1 aliphatic rings. The van der Waals surface area contributed by atoms with Crippen LogP contribution in [0, 0.1) is 0 Å². The SMILES string of the molecule is CCCCN(Cc1ccc(CC)o1)CC1CCCN1. The molecule has 1 saturated heterocycles. The molecule has 0 bridgehead atoms. The summed E-state index contributed by atoms with van der Waals surface area (Å²) in [6.45, 7) is 8.87. The third kappa shape index (κ3) is 4.66. The Balaban J connectivity index is 1.87. The predicted octanol–water partition coefficient (Wildman–Crippen LogP) is 3.20. The highest BCUT2D eigenvalue weighted by atomic mass is 16.3. The van der Waals surface area contributed by atoms with E-state index in [1.165, 1.54) is 38.8 Å². The van der Waals surface area contributed by atoms with Gasteiger partial charge in [-0.1, -0.05) is 20.3 Å². The number of nitrogens with one attached hydrogen (secondary N) is 1. The molecule has 1 aliphatic heterocycles.